The Morgan fingerprint density at radius 3 is 2.42 bits per heavy atom. The Bertz CT molecular complexity index is 325. The lowest BCUT2D eigenvalue weighted by molar-refractivity contribution is -0.151. The summed E-state index contributed by atoms with van der Waals surface area (Å²) in [6.45, 7) is 0.674. The van der Waals surface area contributed by atoms with Gasteiger partial charge in [-0.05, 0) is 31.6 Å². The molecule has 19 heavy (non-hydrogen) atoms. The van der Waals surface area contributed by atoms with E-state index in [9.17, 15) is 9.59 Å². The van der Waals surface area contributed by atoms with E-state index in [1.54, 1.807) is 0 Å². The molecule has 108 valence electrons. The van der Waals surface area contributed by atoms with Crippen LogP contribution in [0.5, 0.6) is 0 Å². The van der Waals surface area contributed by atoms with Crippen LogP contribution < -0.4 is 5.32 Å². The van der Waals surface area contributed by atoms with Gasteiger partial charge in [-0.25, -0.2) is 4.79 Å². The van der Waals surface area contributed by atoms with Gasteiger partial charge in [0.15, 0.2) is 6.10 Å². The Morgan fingerprint density at radius 2 is 1.79 bits per heavy atom. The number of aliphatic carboxylic acids is 1. The Kier molecular flexibility index (Phi) is 5.19. The third-order valence-electron chi connectivity index (χ3n) is 4.15. The normalized spacial score (nSPS) is 27.6. The Labute approximate surface area is 113 Å². The van der Waals surface area contributed by atoms with Crippen molar-refractivity contribution >= 4 is 11.9 Å². The number of carboxylic acid groups (broad SMARTS) is 1. The van der Waals surface area contributed by atoms with Crippen molar-refractivity contribution in [3.63, 3.8) is 0 Å². The van der Waals surface area contributed by atoms with Gasteiger partial charge in [0, 0.05) is 6.54 Å². The number of amides is 1. The number of nitrogens with one attached hydrogen (secondary N) is 1. The molecule has 0 aromatic rings. The van der Waals surface area contributed by atoms with Gasteiger partial charge in [-0.2, -0.15) is 0 Å². The van der Waals surface area contributed by atoms with Crippen LogP contribution in [0.15, 0.2) is 0 Å². The van der Waals surface area contributed by atoms with E-state index in [0.717, 1.165) is 12.3 Å². The maximum absolute atomic E-state index is 11.8. The molecule has 0 bridgehead atoms. The van der Waals surface area contributed by atoms with Gasteiger partial charge in [0.1, 0.15) is 6.10 Å². The summed E-state index contributed by atoms with van der Waals surface area (Å²) < 4.78 is 5.20. The molecule has 2 N–H and O–H groups in total. The fourth-order valence-corrected chi connectivity index (χ4v) is 3.03. The second-order valence-corrected chi connectivity index (χ2v) is 5.61. The van der Waals surface area contributed by atoms with Crippen LogP contribution in [-0.2, 0) is 14.3 Å². The zero-order valence-electron chi connectivity index (χ0n) is 11.3. The Morgan fingerprint density at radius 1 is 1.11 bits per heavy atom. The fraction of sp³-hybridized carbons (Fsp3) is 0.857. The van der Waals surface area contributed by atoms with Crippen LogP contribution in [0.3, 0.4) is 0 Å². The summed E-state index contributed by atoms with van der Waals surface area (Å²) in [5.74, 6) is -0.289. The van der Waals surface area contributed by atoms with Gasteiger partial charge in [-0.1, -0.05) is 25.7 Å². The molecule has 1 amide bonds. The van der Waals surface area contributed by atoms with Crippen LogP contribution >= 0.6 is 0 Å². The minimum absolute atomic E-state index is 0.157. The van der Waals surface area contributed by atoms with Gasteiger partial charge < -0.3 is 15.2 Å². The van der Waals surface area contributed by atoms with Gasteiger partial charge >= 0.3 is 5.97 Å². The van der Waals surface area contributed by atoms with E-state index in [-0.39, 0.29) is 5.91 Å². The first-order valence-corrected chi connectivity index (χ1v) is 7.33. The van der Waals surface area contributed by atoms with E-state index < -0.39 is 18.2 Å². The van der Waals surface area contributed by atoms with E-state index in [1.807, 2.05) is 0 Å². The van der Waals surface area contributed by atoms with E-state index in [2.05, 4.69) is 5.32 Å². The molecule has 5 nitrogen and oxygen atoms in total. The highest BCUT2D eigenvalue weighted by molar-refractivity contribution is 5.82. The molecule has 2 aliphatic rings. The lowest BCUT2D eigenvalue weighted by Crippen LogP contribution is -2.36. The molecule has 0 aromatic carbocycles. The van der Waals surface area contributed by atoms with Crippen molar-refractivity contribution in [2.45, 2.75) is 63.6 Å². The van der Waals surface area contributed by atoms with Crippen LogP contribution in [0.2, 0.25) is 0 Å². The number of ether oxygens (including phenoxy) is 1. The van der Waals surface area contributed by atoms with E-state index >= 15 is 0 Å². The van der Waals surface area contributed by atoms with Gasteiger partial charge in [-0.3, -0.25) is 4.79 Å². The van der Waals surface area contributed by atoms with Crippen LogP contribution in [0, 0.1) is 5.92 Å². The predicted molar refractivity (Wildman–Crippen MR) is 69.7 cm³/mol. The van der Waals surface area contributed by atoms with Gasteiger partial charge in [0.25, 0.3) is 0 Å². The van der Waals surface area contributed by atoms with Gasteiger partial charge in [0.05, 0.1) is 0 Å². The molecule has 0 aromatic heterocycles. The smallest absolute Gasteiger partial charge is 0.332 e. The number of hydrogen-bond donors (Lipinski definition) is 2. The van der Waals surface area contributed by atoms with Crippen molar-refractivity contribution in [2.24, 2.45) is 5.92 Å². The monoisotopic (exact) mass is 269 g/mol. The van der Waals surface area contributed by atoms with Crippen LogP contribution in [0.25, 0.3) is 0 Å². The number of hydrogen-bond acceptors (Lipinski definition) is 3. The number of carbonyl (C=O) groups is 2. The van der Waals surface area contributed by atoms with Crippen molar-refractivity contribution in [2.75, 3.05) is 6.54 Å². The van der Waals surface area contributed by atoms with Crippen LogP contribution in [0.1, 0.15) is 51.4 Å². The van der Waals surface area contributed by atoms with Crippen LogP contribution in [-0.4, -0.2) is 35.7 Å². The topological polar surface area (TPSA) is 75.6 Å². The zero-order valence-corrected chi connectivity index (χ0v) is 11.3. The Balaban J connectivity index is 1.58. The van der Waals surface area contributed by atoms with Crippen molar-refractivity contribution in [3.8, 4) is 0 Å². The van der Waals surface area contributed by atoms with Crippen molar-refractivity contribution in [3.05, 3.63) is 0 Å². The first-order chi connectivity index (χ1) is 9.16. The molecule has 1 heterocycles. The molecule has 2 rings (SSSR count). The largest absolute Gasteiger partial charge is 0.479 e. The van der Waals surface area contributed by atoms with E-state index in [1.165, 1.54) is 32.1 Å². The average Bonchev–Trinajstić information content (AvgIpc) is 3.05. The standard InChI is InChI=1S/C14H23NO4/c16-13(11-7-8-12(19-11)14(17)18)15-9-3-6-10-4-1-2-5-10/h10-12H,1-9H2,(H,15,16)(H,17,18)/t11-,12+/m0/s1. The minimum atomic E-state index is -0.975. The second-order valence-electron chi connectivity index (χ2n) is 5.61. The molecule has 2 atom stereocenters. The van der Waals surface area contributed by atoms with Crippen LogP contribution in [0.4, 0.5) is 0 Å². The average molecular weight is 269 g/mol. The van der Waals surface area contributed by atoms with Crippen molar-refractivity contribution < 1.29 is 19.4 Å². The second kappa shape index (κ2) is 6.89. The van der Waals surface area contributed by atoms with Crippen molar-refractivity contribution in [1.29, 1.82) is 0 Å². The number of carboxylic acids is 1. The maximum Gasteiger partial charge on any atom is 0.332 e. The summed E-state index contributed by atoms with van der Waals surface area (Å²) in [6, 6.07) is 0. The summed E-state index contributed by atoms with van der Waals surface area (Å²) in [4.78, 5) is 22.5. The zero-order chi connectivity index (χ0) is 13.7. The molecule has 1 saturated carbocycles. The summed E-state index contributed by atoms with van der Waals surface area (Å²) in [5, 5.41) is 11.6. The Hall–Kier alpha value is -1.10. The highest BCUT2D eigenvalue weighted by atomic mass is 16.5. The fourth-order valence-electron chi connectivity index (χ4n) is 3.03. The molecule has 0 radical (unpaired) electrons. The maximum atomic E-state index is 11.8. The number of rotatable bonds is 6. The third-order valence-corrected chi connectivity index (χ3v) is 4.15. The highest BCUT2D eigenvalue weighted by Crippen LogP contribution is 2.28. The minimum Gasteiger partial charge on any atom is -0.479 e. The summed E-state index contributed by atoms with van der Waals surface area (Å²) >= 11 is 0. The molecule has 2 fully saturated rings. The van der Waals surface area contributed by atoms with Crippen molar-refractivity contribution in [1.82, 2.24) is 5.32 Å². The van der Waals surface area contributed by atoms with E-state index in [0.29, 0.717) is 19.4 Å². The van der Waals surface area contributed by atoms with Gasteiger partial charge in [-0.15, -0.1) is 0 Å². The summed E-state index contributed by atoms with van der Waals surface area (Å²) in [5.41, 5.74) is 0. The number of carbonyl (C=O) groups excluding carboxylic acids is 1. The SMILES string of the molecule is O=C(NCCCC1CCCC1)[C@@H]1CC[C@H](C(=O)O)O1. The molecule has 1 aliphatic heterocycles. The van der Waals surface area contributed by atoms with E-state index in [4.69, 9.17) is 9.84 Å². The molecule has 1 saturated heterocycles. The first-order valence-electron chi connectivity index (χ1n) is 7.33. The molecule has 5 heteroatoms. The predicted octanol–water partition coefficient (Wildman–Crippen LogP) is 1.71. The highest BCUT2D eigenvalue weighted by Gasteiger charge is 2.34. The lowest BCUT2D eigenvalue weighted by atomic mass is 10.0. The first kappa shape index (κ1) is 14.3. The molecular formula is C14H23NO4. The molecule has 0 unspecified atom stereocenters. The molecule has 1 aliphatic carbocycles. The lowest BCUT2D eigenvalue weighted by Gasteiger charge is -2.13. The summed E-state index contributed by atoms with van der Waals surface area (Å²) in [6.07, 6.45) is 7.10. The summed E-state index contributed by atoms with van der Waals surface area (Å²) in [7, 11) is 0. The molecule has 0 spiro atoms. The van der Waals surface area contributed by atoms with Gasteiger partial charge in [0.2, 0.25) is 5.91 Å². The quantitative estimate of drug-likeness (QED) is 0.720. The molecular weight excluding hydrogens is 246 g/mol. The third kappa shape index (κ3) is 4.20.